The van der Waals surface area contributed by atoms with E-state index < -0.39 is 11.9 Å². The highest BCUT2D eigenvalue weighted by molar-refractivity contribution is 6.30. The van der Waals surface area contributed by atoms with Crippen molar-refractivity contribution in [1.82, 2.24) is 0 Å². The molecule has 20 heavy (non-hydrogen) atoms. The van der Waals surface area contributed by atoms with Gasteiger partial charge in [-0.1, -0.05) is 29.8 Å². The SMILES string of the molecule is OC(c1ccc2c(c1)OCCO2)c1cccc(Cl)c1F. The predicted octanol–water partition coefficient (Wildman–Crippen LogP) is 3.33. The van der Waals surface area contributed by atoms with Crippen LogP contribution in [0.1, 0.15) is 17.2 Å². The zero-order chi connectivity index (χ0) is 14.1. The standard InChI is InChI=1S/C15H12ClFO3/c16-11-3-1-2-10(14(11)17)15(18)9-4-5-12-13(8-9)20-7-6-19-12/h1-5,8,15,18H,6-7H2. The third kappa shape index (κ3) is 2.32. The van der Waals surface area contributed by atoms with Gasteiger partial charge in [-0.05, 0) is 23.8 Å². The monoisotopic (exact) mass is 294 g/mol. The Morgan fingerprint density at radius 2 is 1.85 bits per heavy atom. The summed E-state index contributed by atoms with van der Waals surface area (Å²) < 4.78 is 24.8. The van der Waals surface area contributed by atoms with Crippen LogP contribution in [0.15, 0.2) is 36.4 Å². The smallest absolute Gasteiger partial charge is 0.161 e. The lowest BCUT2D eigenvalue weighted by atomic mass is 10.0. The lowest BCUT2D eigenvalue weighted by Crippen LogP contribution is -2.15. The second-order valence-electron chi connectivity index (χ2n) is 4.45. The molecule has 2 aromatic carbocycles. The van der Waals surface area contributed by atoms with E-state index in [-0.39, 0.29) is 10.6 Å². The van der Waals surface area contributed by atoms with E-state index >= 15 is 0 Å². The van der Waals surface area contributed by atoms with E-state index in [2.05, 4.69) is 0 Å². The number of hydrogen-bond donors (Lipinski definition) is 1. The maximum atomic E-state index is 13.9. The number of fused-ring (bicyclic) bond motifs is 1. The Bertz CT molecular complexity index is 645. The largest absolute Gasteiger partial charge is 0.486 e. The Morgan fingerprint density at radius 1 is 1.10 bits per heavy atom. The molecule has 2 aromatic rings. The number of benzene rings is 2. The average molecular weight is 295 g/mol. The molecule has 0 amide bonds. The van der Waals surface area contributed by atoms with Crippen LogP contribution in [-0.4, -0.2) is 18.3 Å². The molecule has 0 saturated heterocycles. The van der Waals surface area contributed by atoms with Gasteiger partial charge in [0.25, 0.3) is 0 Å². The van der Waals surface area contributed by atoms with E-state index in [0.29, 0.717) is 30.3 Å². The maximum Gasteiger partial charge on any atom is 0.161 e. The summed E-state index contributed by atoms with van der Waals surface area (Å²) in [4.78, 5) is 0. The lowest BCUT2D eigenvalue weighted by Gasteiger charge is -2.20. The Labute approximate surface area is 120 Å². The average Bonchev–Trinajstić information content (AvgIpc) is 2.49. The van der Waals surface area contributed by atoms with Gasteiger partial charge >= 0.3 is 0 Å². The van der Waals surface area contributed by atoms with Crippen LogP contribution >= 0.6 is 11.6 Å². The fourth-order valence-electron chi connectivity index (χ4n) is 2.14. The lowest BCUT2D eigenvalue weighted by molar-refractivity contribution is 0.169. The molecular formula is C15H12ClFO3. The van der Waals surface area contributed by atoms with Gasteiger partial charge in [0.2, 0.25) is 0 Å². The fourth-order valence-corrected chi connectivity index (χ4v) is 2.32. The molecule has 1 unspecified atom stereocenters. The molecule has 0 fully saturated rings. The zero-order valence-electron chi connectivity index (χ0n) is 10.5. The summed E-state index contributed by atoms with van der Waals surface area (Å²) >= 11 is 5.73. The first-order chi connectivity index (χ1) is 9.66. The molecule has 3 nitrogen and oxygen atoms in total. The molecule has 0 radical (unpaired) electrons. The van der Waals surface area contributed by atoms with Crippen molar-refractivity contribution in [2.45, 2.75) is 6.10 Å². The van der Waals surface area contributed by atoms with E-state index in [4.69, 9.17) is 21.1 Å². The van der Waals surface area contributed by atoms with Crippen molar-refractivity contribution in [2.75, 3.05) is 13.2 Å². The normalized spacial score (nSPS) is 14.9. The first kappa shape index (κ1) is 13.2. The quantitative estimate of drug-likeness (QED) is 0.923. The number of aliphatic hydroxyl groups excluding tert-OH is 1. The highest BCUT2D eigenvalue weighted by Crippen LogP contribution is 2.35. The van der Waals surface area contributed by atoms with E-state index in [9.17, 15) is 9.50 Å². The number of halogens is 2. The van der Waals surface area contributed by atoms with Crippen molar-refractivity contribution >= 4 is 11.6 Å². The van der Waals surface area contributed by atoms with Gasteiger partial charge in [0, 0.05) is 5.56 Å². The molecule has 0 spiro atoms. The topological polar surface area (TPSA) is 38.7 Å². The van der Waals surface area contributed by atoms with Crippen molar-refractivity contribution in [3.8, 4) is 11.5 Å². The molecule has 1 heterocycles. The number of aliphatic hydroxyl groups is 1. The van der Waals surface area contributed by atoms with E-state index in [1.54, 1.807) is 24.3 Å². The molecule has 0 saturated carbocycles. The molecule has 3 rings (SSSR count). The van der Waals surface area contributed by atoms with Crippen molar-refractivity contribution in [2.24, 2.45) is 0 Å². The van der Waals surface area contributed by atoms with Gasteiger partial charge in [-0.2, -0.15) is 0 Å². The van der Waals surface area contributed by atoms with Gasteiger partial charge in [0.05, 0.1) is 5.02 Å². The van der Waals surface area contributed by atoms with Crippen LogP contribution in [0.5, 0.6) is 11.5 Å². The zero-order valence-corrected chi connectivity index (χ0v) is 11.2. The fraction of sp³-hybridized carbons (Fsp3) is 0.200. The Hall–Kier alpha value is -1.78. The van der Waals surface area contributed by atoms with Crippen LogP contribution in [0.25, 0.3) is 0 Å². The van der Waals surface area contributed by atoms with Gasteiger partial charge in [-0.25, -0.2) is 4.39 Å². The minimum absolute atomic E-state index is 0.0147. The first-order valence-corrected chi connectivity index (χ1v) is 6.56. The minimum Gasteiger partial charge on any atom is -0.486 e. The molecule has 1 aliphatic rings. The van der Waals surface area contributed by atoms with Gasteiger partial charge in [-0.15, -0.1) is 0 Å². The summed E-state index contributed by atoms with van der Waals surface area (Å²) in [7, 11) is 0. The summed E-state index contributed by atoms with van der Waals surface area (Å²) in [5, 5.41) is 10.3. The van der Waals surface area contributed by atoms with Crippen molar-refractivity contribution in [3.63, 3.8) is 0 Å². The molecule has 1 atom stereocenters. The highest BCUT2D eigenvalue weighted by Gasteiger charge is 2.20. The summed E-state index contributed by atoms with van der Waals surface area (Å²) in [6, 6.07) is 9.58. The molecule has 5 heteroatoms. The summed E-state index contributed by atoms with van der Waals surface area (Å²) in [5.74, 6) is 0.561. The molecule has 104 valence electrons. The van der Waals surface area contributed by atoms with Crippen LogP contribution in [0.3, 0.4) is 0 Å². The van der Waals surface area contributed by atoms with Gasteiger partial charge in [0.15, 0.2) is 11.5 Å². The van der Waals surface area contributed by atoms with Gasteiger partial charge < -0.3 is 14.6 Å². The summed E-state index contributed by atoms with van der Waals surface area (Å²) in [5.41, 5.74) is 0.657. The summed E-state index contributed by atoms with van der Waals surface area (Å²) in [6.07, 6.45) is -1.11. The van der Waals surface area contributed by atoms with Crippen molar-refractivity contribution in [1.29, 1.82) is 0 Å². The maximum absolute atomic E-state index is 13.9. The van der Waals surface area contributed by atoms with E-state index in [0.717, 1.165) is 0 Å². The van der Waals surface area contributed by atoms with Gasteiger partial charge in [-0.3, -0.25) is 0 Å². The van der Waals surface area contributed by atoms with Crippen LogP contribution in [0, 0.1) is 5.82 Å². The van der Waals surface area contributed by atoms with Crippen LogP contribution in [-0.2, 0) is 0 Å². The summed E-state index contributed by atoms with van der Waals surface area (Å²) in [6.45, 7) is 0.954. The van der Waals surface area contributed by atoms with E-state index in [1.807, 2.05) is 0 Å². The predicted molar refractivity (Wildman–Crippen MR) is 72.9 cm³/mol. The molecule has 1 N–H and O–H groups in total. The van der Waals surface area contributed by atoms with E-state index in [1.165, 1.54) is 12.1 Å². The minimum atomic E-state index is -1.11. The van der Waals surface area contributed by atoms with Crippen LogP contribution in [0.2, 0.25) is 5.02 Å². The third-order valence-electron chi connectivity index (χ3n) is 3.16. The number of rotatable bonds is 2. The Morgan fingerprint density at radius 3 is 2.65 bits per heavy atom. The van der Waals surface area contributed by atoms with Crippen LogP contribution in [0.4, 0.5) is 4.39 Å². The molecule has 0 aromatic heterocycles. The second-order valence-corrected chi connectivity index (χ2v) is 4.86. The first-order valence-electron chi connectivity index (χ1n) is 6.18. The molecular weight excluding hydrogens is 283 g/mol. The molecule has 0 aliphatic carbocycles. The molecule has 1 aliphatic heterocycles. The molecule has 0 bridgehead atoms. The number of ether oxygens (including phenoxy) is 2. The van der Waals surface area contributed by atoms with Crippen molar-refractivity contribution in [3.05, 3.63) is 58.4 Å². The highest BCUT2D eigenvalue weighted by atomic mass is 35.5. The van der Waals surface area contributed by atoms with Crippen LogP contribution < -0.4 is 9.47 Å². The Kier molecular flexibility index (Phi) is 3.51. The Balaban J connectivity index is 1.98. The number of hydrogen-bond acceptors (Lipinski definition) is 3. The van der Waals surface area contributed by atoms with Crippen molar-refractivity contribution < 1.29 is 19.0 Å². The second kappa shape index (κ2) is 5.31. The third-order valence-corrected chi connectivity index (χ3v) is 3.45. The van der Waals surface area contributed by atoms with Gasteiger partial charge in [0.1, 0.15) is 25.1 Å².